The van der Waals surface area contributed by atoms with Gasteiger partial charge in [-0.1, -0.05) is 12.1 Å². The smallest absolute Gasteiger partial charge is 0.242 e. The number of hydrazine groups is 1. The van der Waals surface area contributed by atoms with Gasteiger partial charge < -0.3 is 0 Å². The lowest BCUT2D eigenvalue weighted by Crippen LogP contribution is -2.30. The van der Waals surface area contributed by atoms with Crippen molar-refractivity contribution in [1.82, 2.24) is 20.4 Å². The van der Waals surface area contributed by atoms with E-state index in [2.05, 4.69) is 25.8 Å². The number of aryl methyl sites for hydroxylation is 3. The summed E-state index contributed by atoms with van der Waals surface area (Å²) >= 11 is 1.62. The van der Waals surface area contributed by atoms with Crippen LogP contribution in [-0.4, -0.2) is 20.9 Å². The molecule has 0 aliphatic heterocycles. The number of thiazole rings is 1. The summed E-state index contributed by atoms with van der Waals surface area (Å²) in [6.07, 6.45) is 0.970. The minimum absolute atomic E-state index is 0.119. The van der Waals surface area contributed by atoms with Crippen LogP contribution in [0.25, 0.3) is 10.2 Å². The van der Waals surface area contributed by atoms with Gasteiger partial charge in [0.25, 0.3) is 0 Å². The van der Waals surface area contributed by atoms with Crippen LogP contribution in [0.5, 0.6) is 0 Å². The van der Waals surface area contributed by atoms with Crippen LogP contribution in [0.3, 0.4) is 0 Å². The molecule has 23 heavy (non-hydrogen) atoms. The van der Waals surface area contributed by atoms with Crippen LogP contribution in [0.15, 0.2) is 30.3 Å². The maximum absolute atomic E-state index is 11.9. The highest BCUT2D eigenvalue weighted by Crippen LogP contribution is 2.22. The molecule has 3 aromatic rings. The number of anilines is 1. The molecule has 6 nitrogen and oxygen atoms in total. The summed E-state index contributed by atoms with van der Waals surface area (Å²) in [5, 5.41) is 0.962. The van der Waals surface area contributed by atoms with E-state index in [9.17, 15) is 4.79 Å². The molecule has 7 heteroatoms. The molecule has 2 aromatic heterocycles. The van der Waals surface area contributed by atoms with Crippen molar-refractivity contribution < 1.29 is 4.79 Å². The third-order valence-corrected chi connectivity index (χ3v) is 4.30. The standard InChI is InChI=1S/C16H17N5OS/c1-10-9-11(2)18-16(17-10)21-20-14(22)7-8-15-19-12-5-3-4-6-13(12)23-15/h3-6,9H,7-8H2,1-2H3,(H,20,22)(H,17,18,21). The van der Waals surface area contributed by atoms with Gasteiger partial charge in [0.05, 0.1) is 15.2 Å². The molecule has 2 heterocycles. The lowest BCUT2D eigenvalue weighted by molar-refractivity contribution is -0.120. The van der Waals surface area contributed by atoms with Crippen LogP contribution in [0.2, 0.25) is 0 Å². The summed E-state index contributed by atoms with van der Waals surface area (Å²) in [5.41, 5.74) is 8.05. The largest absolute Gasteiger partial charge is 0.273 e. The van der Waals surface area contributed by atoms with Gasteiger partial charge in [-0.15, -0.1) is 11.3 Å². The first-order valence-corrected chi connectivity index (χ1v) is 8.13. The first-order chi connectivity index (χ1) is 11.1. The fraction of sp³-hybridized carbons (Fsp3) is 0.250. The second-order valence-corrected chi connectivity index (χ2v) is 6.34. The Hall–Kier alpha value is -2.54. The first-order valence-electron chi connectivity index (χ1n) is 7.32. The van der Waals surface area contributed by atoms with Crippen LogP contribution < -0.4 is 10.9 Å². The number of rotatable bonds is 5. The van der Waals surface area contributed by atoms with Gasteiger partial charge in [0.15, 0.2) is 0 Å². The number of para-hydroxylation sites is 1. The van der Waals surface area contributed by atoms with Gasteiger partial charge in [-0.25, -0.2) is 15.0 Å². The van der Waals surface area contributed by atoms with Gasteiger partial charge in [0.2, 0.25) is 11.9 Å². The fourth-order valence-corrected chi connectivity index (χ4v) is 3.18. The molecule has 0 aliphatic carbocycles. The Balaban J connectivity index is 1.53. The first kappa shape index (κ1) is 15.4. The van der Waals surface area contributed by atoms with Crippen molar-refractivity contribution in [2.24, 2.45) is 0 Å². The molecule has 3 rings (SSSR count). The predicted molar refractivity (Wildman–Crippen MR) is 91.2 cm³/mol. The molecule has 1 aromatic carbocycles. The third-order valence-electron chi connectivity index (χ3n) is 3.20. The van der Waals surface area contributed by atoms with E-state index >= 15 is 0 Å². The van der Waals surface area contributed by atoms with Crippen molar-refractivity contribution >= 4 is 33.4 Å². The van der Waals surface area contributed by atoms with Crippen LogP contribution in [0.4, 0.5) is 5.95 Å². The zero-order valence-electron chi connectivity index (χ0n) is 13.0. The molecule has 0 aliphatic rings. The van der Waals surface area contributed by atoms with Gasteiger partial charge in [0.1, 0.15) is 0 Å². The average molecular weight is 327 g/mol. The fourth-order valence-electron chi connectivity index (χ4n) is 2.22. The zero-order valence-corrected chi connectivity index (χ0v) is 13.8. The maximum atomic E-state index is 11.9. The van der Waals surface area contributed by atoms with Crippen molar-refractivity contribution in [2.45, 2.75) is 26.7 Å². The number of benzene rings is 1. The van der Waals surface area contributed by atoms with Crippen molar-refractivity contribution in [3.8, 4) is 0 Å². The quantitative estimate of drug-likeness (QED) is 0.704. The van der Waals surface area contributed by atoms with Gasteiger partial charge in [-0.05, 0) is 32.0 Å². The molecule has 1 amide bonds. The summed E-state index contributed by atoms with van der Waals surface area (Å²) in [6.45, 7) is 3.77. The second kappa shape index (κ2) is 6.70. The van der Waals surface area contributed by atoms with E-state index in [4.69, 9.17) is 0 Å². The van der Waals surface area contributed by atoms with E-state index in [1.54, 1.807) is 11.3 Å². The number of hydrogen-bond donors (Lipinski definition) is 2. The Morgan fingerprint density at radius 3 is 2.61 bits per heavy atom. The van der Waals surface area contributed by atoms with Crippen LogP contribution in [0.1, 0.15) is 22.8 Å². The molecule has 0 bridgehead atoms. The highest BCUT2D eigenvalue weighted by atomic mass is 32.1. The summed E-state index contributed by atoms with van der Waals surface area (Å²) < 4.78 is 1.14. The van der Waals surface area contributed by atoms with Crippen LogP contribution in [-0.2, 0) is 11.2 Å². The third kappa shape index (κ3) is 4.01. The minimum atomic E-state index is -0.119. The normalized spacial score (nSPS) is 10.7. The molecule has 0 fully saturated rings. The number of nitrogens with zero attached hydrogens (tertiary/aromatic N) is 3. The lowest BCUT2D eigenvalue weighted by Gasteiger charge is -2.07. The van der Waals surface area contributed by atoms with Crippen molar-refractivity contribution in [3.63, 3.8) is 0 Å². The molecule has 118 valence electrons. The maximum Gasteiger partial charge on any atom is 0.242 e. The SMILES string of the molecule is Cc1cc(C)nc(NNC(=O)CCc2nc3ccccc3s2)n1. The second-order valence-electron chi connectivity index (χ2n) is 5.22. The number of amides is 1. The minimum Gasteiger partial charge on any atom is -0.273 e. The van der Waals surface area contributed by atoms with Gasteiger partial charge in [-0.2, -0.15) is 0 Å². The number of carbonyl (C=O) groups excluding carboxylic acids is 1. The Morgan fingerprint density at radius 1 is 1.13 bits per heavy atom. The van der Waals surface area contributed by atoms with E-state index < -0.39 is 0 Å². The molecule has 0 unspecified atom stereocenters. The van der Waals surface area contributed by atoms with E-state index in [0.29, 0.717) is 18.8 Å². The highest BCUT2D eigenvalue weighted by Gasteiger charge is 2.07. The molecular weight excluding hydrogens is 310 g/mol. The number of nitrogens with one attached hydrogen (secondary N) is 2. The Morgan fingerprint density at radius 2 is 1.87 bits per heavy atom. The van der Waals surface area contributed by atoms with E-state index in [1.807, 2.05) is 44.2 Å². The number of carbonyl (C=O) groups is 1. The highest BCUT2D eigenvalue weighted by molar-refractivity contribution is 7.18. The van der Waals surface area contributed by atoms with Crippen LogP contribution in [0, 0.1) is 13.8 Å². The molecule has 0 saturated heterocycles. The molecule has 0 saturated carbocycles. The lowest BCUT2D eigenvalue weighted by atomic mass is 10.3. The van der Waals surface area contributed by atoms with Gasteiger partial charge >= 0.3 is 0 Å². The summed E-state index contributed by atoms with van der Waals surface area (Å²) in [6, 6.07) is 9.85. The number of fused-ring (bicyclic) bond motifs is 1. The van der Waals surface area contributed by atoms with Crippen molar-refractivity contribution in [3.05, 3.63) is 46.7 Å². The van der Waals surface area contributed by atoms with Crippen molar-refractivity contribution in [1.29, 1.82) is 0 Å². The summed E-state index contributed by atoms with van der Waals surface area (Å²) in [4.78, 5) is 24.9. The van der Waals surface area contributed by atoms with Crippen molar-refractivity contribution in [2.75, 3.05) is 5.43 Å². The Kier molecular flexibility index (Phi) is 4.47. The Bertz CT molecular complexity index is 792. The number of aromatic nitrogens is 3. The molecule has 0 spiro atoms. The number of hydrogen-bond acceptors (Lipinski definition) is 6. The average Bonchev–Trinajstić information content (AvgIpc) is 2.93. The molecule has 0 atom stereocenters. The topological polar surface area (TPSA) is 79.8 Å². The predicted octanol–water partition coefficient (Wildman–Crippen LogP) is 2.78. The summed E-state index contributed by atoms with van der Waals surface area (Å²) in [7, 11) is 0. The summed E-state index contributed by atoms with van der Waals surface area (Å²) in [5.74, 6) is 0.280. The van der Waals surface area contributed by atoms with E-state index in [0.717, 1.165) is 26.6 Å². The molecule has 2 N–H and O–H groups in total. The zero-order chi connectivity index (χ0) is 16.2. The Labute approximate surface area is 138 Å². The molecular formula is C16H17N5OS. The van der Waals surface area contributed by atoms with Gasteiger partial charge in [-0.3, -0.25) is 15.6 Å². The molecule has 0 radical (unpaired) electrons. The van der Waals surface area contributed by atoms with E-state index in [1.165, 1.54) is 0 Å². The van der Waals surface area contributed by atoms with Gasteiger partial charge in [0, 0.05) is 24.2 Å². The van der Waals surface area contributed by atoms with Crippen LogP contribution >= 0.6 is 11.3 Å². The van der Waals surface area contributed by atoms with E-state index in [-0.39, 0.29) is 5.91 Å². The monoisotopic (exact) mass is 327 g/mol.